The predicted octanol–water partition coefficient (Wildman–Crippen LogP) is 2.07. The summed E-state index contributed by atoms with van der Waals surface area (Å²) in [6.45, 7) is 2.15. The molecule has 0 spiro atoms. The minimum atomic E-state index is -0.103. The molecule has 2 unspecified atom stereocenters. The van der Waals surface area contributed by atoms with Gasteiger partial charge in [-0.2, -0.15) is 11.8 Å². The number of carbonyl (C=O) groups is 1. The Labute approximate surface area is 112 Å². The normalized spacial score (nSPS) is 22.9. The molecular formula is C13H19N3OS. The van der Waals surface area contributed by atoms with Gasteiger partial charge >= 0.3 is 0 Å². The second-order valence-electron chi connectivity index (χ2n) is 4.44. The predicted molar refractivity (Wildman–Crippen MR) is 75.7 cm³/mol. The maximum absolute atomic E-state index is 12.1. The highest BCUT2D eigenvalue weighted by Crippen LogP contribution is 2.30. The van der Waals surface area contributed by atoms with Crippen LogP contribution in [0.3, 0.4) is 0 Å². The molecule has 2 rings (SSSR count). The largest absolute Gasteiger partial charge is 0.383 e. The Morgan fingerprint density at radius 2 is 2.44 bits per heavy atom. The Balaban J connectivity index is 2.01. The number of nitrogens with one attached hydrogen (secondary N) is 1. The number of aromatic nitrogens is 1. The molecule has 1 heterocycles. The molecule has 1 aromatic rings. The molecule has 1 saturated carbocycles. The number of anilines is 1. The fourth-order valence-electron chi connectivity index (χ4n) is 2.36. The zero-order valence-electron chi connectivity index (χ0n) is 10.6. The molecule has 5 heteroatoms. The summed E-state index contributed by atoms with van der Waals surface area (Å²) in [6.07, 6.45) is 5.03. The fraction of sp³-hybridized carbons (Fsp3) is 0.538. The van der Waals surface area contributed by atoms with Crippen LogP contribution in [0.4, 0.5) is 5.82 Å². The number of nitrogens with zero attached hydrogens (tertiary/aromatic N) is 1. The van der Waals surface area contributed by atoms with Gasteiger partial charge in [0.1, 0.15) is 5.82 Å². The SMILES string of the molecule is CCSC1CCCC1NC(=O)c1cccnc1N. The second kappa shape index (κ2) is 6.09. The van der Waals surface area contributed by atoms with Crippen LogP contribution < -0.4 is 11.1 Å². The van der Waals surface area contributed by atoms with Crippen molar-refractivity contribution in [1.82, 2.24) is 10.3 Å². The van der Waals surface area contributed by atoms with Crippen LogP contribution in [0.5, 0.6) is 0 Å². The molecule has 0 radical (unpaired) electrons. The molecule has 1 amide bonds. The van der Waals surface area contributed by atoms with E-state index >= 15 is 0 Å². The number of rotatable bonds is 4. The van der Waals surface area contributed by atoms with Crippen LogP contribution in [0.1, 0.15) is 36.5 Å². The van der Waals surface area contributed by atoms with Crippen molar-refractivity contribution in [3.63, 3.8) is 0 Å². The first kappa shape index (κ1) is 13.2. The lowest BCUT2D eigenvalue weighted by molar-refractivity contribution is 0.0939. The lowest BCUT2D eigenvalue weighted by Gasteiger charge is -2.20. The Morgan fingerprint density at radius 1 is 1.61 bits per heavy atom. The van der Waals surface area contributed by atoms with Gasteiger partial charge in [-0.3, -0.25) is 4.79 Å². The molecule has 3 N–H and O–H groups in total. The van der Waals surface area contributed by atoms with Gasteiger partial charge in [0, 0.05) is 17.5 Å². The van der Waals surface area contributed by atoms with Crippen molar-refractivity contribution in [2.24, 2.45) is 0 Å². The van der Waals surface area contributed by atoms with Crippen LogP contribution in [0.15, 0.2) is 18.3 Å². The average Bonchev–Trinajstić information content (AvgIpc) is 2.78. The monoisotopic (exact) mass is 265 g/mol. The van der Waals surface area contributed by atoms with Crippen molar-refractivity contribution in [2.45, 2.75) is 37.5 Å². The molecule has 1 aliphatic rings. The van der Waals surface area contributed by atoms with Gasteiger partial charge in [0.15, 0.2) is 0 Å². The van der Waals surface area contributed by atoms with E-state index in [-0.39, 0.29) is 11.9 Å². The van der Waals surface area contributed by atoms with Crippen LogP contribution in [-0.2, 0) is 0 Å². The maximum Gasteiger partial charge on any atom is 0.255 e. The molecule has 4 nitrogen and oxygen atoms in total. The van der Waals surface area contributed by atoms with Gasteiger partial charge in [-0.25, -0.2) is 4.98 Å². The number of pyridine rings is 1. The molecule has 0 aliphatic heterocycles. The third kappa shape index (κ3) is 2.96. The highest BCUT2D eigenvalue weighted by atomic mass is 32.2. The highest BCUT2D eigenvalue weighted by Gasteiger charge is 2.29. The first-order chi connectivity index (χ1) is 8.72. The first-order valence-electron chi connectivity index (χ1n) is 6.35. The molecule has 98 valence electrons. The van der Waals surface area contributed by atoms with E-state index in [1.165, 1.54) is 12.8 Å². The molecule has 0 aromatic carbocycles. The summed E-state index contributed by atoms with van der Waals surface area (Å²) in [5.41, 5.74) is 6.19. The van der Waals surface area contributed by atoms with Gasteiger partial charge in [0.25, 0.3) is 5.91 Å². The summed E-state index contributed by atoms with van der Waals surface area (Å²) in [5.74, 6) is 1.29. The quantitative estimate of drug-likeness (QED) is 0.874. The number of thioether (sulfide) groups is 1. The molecule has 1 aromatic heterocycles. The lowest BCUT2D eigenvalue weighted by Crippen LogP contribution is -2.39. The average molecular weight is 265 g/mol. The zero-order chi connectivity index (χ0) is 13.0. The van der Waals surface area contributed by atoms with Crippen molar-refractivity contribution < 1.29 is 4.79 Å². The van der Waals surface area contributed by atoms with Gasteiger partial charge in [0.05, 0.1) is 5.56 Å². The van der Waals surface area contributed by atoms with Crippen molar-refractivity contribution >= 4 is 23.5 Å². The number of amides is 1. The van der Waals surface area contributed by atoms with Gasteiger partial charge in [-0.05, 0) is 30.7 Å². The Kier molecular flexibility index (Phi) is 4.47. The van der Waals surface area contributed by atoms with Crippen molar-refractivity contribution in [3.8, 4) is 0 Å². The molecular weight excluding hydrogens is 246 g/mol. The first-order valence-corrected chi connectivity index (χ1v) is 7.40. The van der Waals surface area contributed by atoms with Gasteiger partial charge < -0.3 is 11.1 Å². The molecule has 2 atom stereocenters. The van der Waals surface area contributed by atoms with Crippen LogP contribution >= 0.6 is 11.8 Å². The minimum Gasteiger partial charge on any atom is -0.383 e. The number of nitrogens with two attached hydrogens (primary N) is 1. The van der Waals surface area contributed by atoms with Crippen LogP contribution in [-0.4, -0.2) is 27.9 Å². The van der Waals surface area contributed by atoms with Crippen LogP contribution in [0, 0.1) is 0 Å². The Hall–Kier alpha value is -1.23. The maximum atomic E-state index is 12.1. The van der Waals surface area contributed by atoms with E-state index < -0.39 is 0 Å². The second-order valence-corrected chi connectivity index (χ2v) is 5.96. The Bertz CT molecular complexity index is 424. The summed E-state index contributed by atoms with van der Waals surface area (Å²) >= 11 is 1.93. The minimum absolute atomic E-state index is 0.103. The van der Waals surface area contributed by atoms with Crippen molar-refractivity contribution in [2.75, 3.05) is 11.5 Å². The zero-order valence-corrected chi connectivity index (χ0v) is 11.4. The van der Waals surface area contributed by atoms with Gasteiger partial charge in [-0.1, -0.05) is 13.3 Å². The van der Waals surface area contributed by atoms with E-state index in [9.17, 15) is 4.79 Å². The van der Waals surface area contributed by atoms with E-state index in [0.29, 0.717) is 16.6 Å². The number of hydrogen-bond donors (Lipinski definition) is 2. The number of nitrogen functional groups attached to an aromatic ring is 1. The Morgan fingerprint density at radius 3 is 3.17 bits per heavy atom. The third-order valence-corrected chi connectivity index (χ3v) is 4.56. The van der Waals surface area contributed by atoms with Crippen molar-refractivity contribution in [3.05, 3.63) is 23.9 Å². The topological polar surface area (TPSA) is 68.0 Å². The van der Waals surface area contributed by atoms with Gasteiger partial charge in [0.2, 0.25) is 0 Å². The summed E-state index contributed by atoms with van der Waals surface area (Å²) in [7, 11) is 0. The molecule has 0 bridgehead atoms. The number of carbonyl (C=O) groups excluding carboxylic acids is 1. The highest BCUT2D eigenvalue weighted by molar-refractivity contribution is 7.99. The third-order valence-electron chi connectivity index (χ3n) is 3.23. The molecule has 18 heavy (non-hydrogen) atoms. The van der Waals surface area contributed by atoms with Crippen LogP contribution in [0.2, 0.25) is 0 Å². The molecule has 0 saturated heterocycles. The van der Waals surface area contributed by atoms with E-state index in [1.54, 1.807) is 18.3 Å². The van der Waals surface area contributed by atoms with E-state index in [1.807, 2.05) is 11.8 Å². The summed E-state index contributed by atoms with van der Waals surface area (Å²) < 4.78 is 0. The van der Waals surface area contributed by atoms with Gasteiger partial charge in [-0.15, -0.1) is 0 Å². The summed E-state index contributed by atoms with van der Waals surface area (Å²) in [6, 6.07) is 3.72. The van der Waals surface area contributed by atoms with E-state index in [0.717, 1.165) is 12.2 Å². The molecule has 1 fully saturated rings. The number of hydrogen-bond acceptors (Lipinski definition) is 4. The summed E-state index contributed by atoms with van der Waals surface area (Å²) in [5, 5.41) is 3.63. The van der Waals surface area contributed by atoms with E-state index in [2.05, 4.69) is 17.2 Å². The van der Waals surface area contributed by atoms with Crippen LogP contribution in [0.25, 0.3) is 0 Å². The summed E-state index contributed by atoms with van der Waals surface area (Å²) in [4.78, 5) is 16.1. The standard InChI is InChI=1S/C13H19N3OS/c1-2-18-11-7-3-6-10(11)16-13(17)9-5-4-8-15-12(9)14/h4-5,8,10-11H,2-3,6-7H2,1H3,(H2,14,15)(H,16,17). The van der Waals surface area contributed by atoms with E-state index in [4.69, 9.17) is 5.73 Å². The lowest BCUT2D eigenvalue weighted by atomic mass is 10.2. The molecule has 1 aliphatic carbocycles. The van der Waals surface area contributed by atoms with Crippen molar-refractivity contribution in [1.29, 1.82) is 0 Å². The fourth-order valence-corrected chi connectivity index (χ4v) is 3.56. The smallest absolute Gasteiger partial charge is 0.255 e.